The molecule has 0 aliphatic rings. The van der Waals surface area contributed by atoms with Crippen LogP contribution in [0.5, 0.6) is 0 Å². The summed E-state index contributed by atoms with van der Waals surface area (Å²) < 4.78 is 1.63. The Hall–Kier alpha value is -1.04. The van der Waals surface area contributed by atoms with Crippen molar-refractivity contribution in [3.63, 3.8) is 0 Å². The average molecular weight is 404 g/mol. The lowest BCUT2D eigenvalue weighted by atomic mass is 10.2. The van der Waals surface area contributed by atoms with Crippen molar-refractivity contribution in [2.75, 3.05) is 11.1 Å². The number of hydrogen-bond donors (Lipinski definition) is 2. The molecule has 0 aromatic heterocycles. The van der Waals surface area contributed by atoms with Crippen LogP contribution in [-0.4, -0.2) is 5.91 Å². The van der Waals surface area contributed by atoms with Crippen LogP contribution in [-0.2, 0) is 0 Å². The fourth-order valence-corrected chi connectivity index (χ4v) is 2.45. The molecule has 98 valence electrons. The van der Waals surface area contributed by atoms with Crippen molar-refractivity contribution in [1.29, 1.82) is 0 Å². The molecule has 0 fully saturated rings. The average Bonchev–Trinajstić information content (AvgIpc) is 2.35. The van der Waals surface area contributed by atoms with E-state index in [9.17, 15) is 4.79 Å². The van der Waals surface area contributed by atoms with Gasteiger partial charge in [0.05, 0.1) is 22.0 Å². The third-order valence-corrected chi connectivity index (χ3v) is 3.75. The van der Waals surface area contributed by atoms with E-state index in [2.05, 4.69) is 37.2 Å². The zero-order valence-electron chi connectivity index (χ0n) is 9.58. The van der Waals surface area contributed by atoms with Gasteiger partial charge in [0, 0.05) is 8.95 Å². The van der Waals surface area contributed by atoms with Crippen LogP contribution in [0.2, 0.25) is 5.02 Å². The third-order valence-electron chi connectivity index (χ3n) is 2.43. The van der Waals surface area contributed by atoms with Crippen molar-refractivity contribution >= 4 is 60.7 Å². The van der Waals surface area contributed by atoms with Gasteiger partial charge in [0.15, 0.2) is 0 Å². The number of benzene rings is 2. The number of rotatable bonds is 2. The normalized spacial score (nSPS) is 10.3. The van der Waals surface area contributed by atoms with Crippen LogP contribution in [0.3, 0.4) is 0 Å². The molecule has 0 radical (unpaired) electrons. The Morgan fingerprint density at radius 2 is 1.74 bits per heavy atom. The van der Waals surface area contributed by atoms with Gasteiger partial charge in [0.2, 0.25) is 0 Å². The van der Waals surface area contributed by atoms with Gasteiger partial charge in [-0.25, -0.2) is 0 Å². The molecule has 1 amide bonds. The SMILES string of the molecule is Nc1cc(Br)ccc1NC(=O)c1cc(Br)ccc1Cl. The minimum absolute atomic E-state index is 0.305. The van der Waals surface area contributed by atoms with E-state index in [1.54, 1.807) is 36.4 Å². The number of carbonyl (C=O) groups excluding carboxylic acids is 1. The molecule has 0 bridgehead atoms. The van der Waals surface area contributed by atoms with Crippen molar-refractivity contribution in [2.24, 2.45) is 0 Å². The molecule has 2 rings (SSSR count). The van der Waals surface area contributed by atoms with Gasteiger partial charge in [-0.15, -0.1) is 0 Å². The Labute approximate surface area is 132 Å². The lowest BCUT2D eigenvalue weighted by molar-refractivity contribution is 0.102. The van der Waals surface area contributed by atoms with Crippen molar-refractivity contribution in [3.8, 4) is 0 Å². The maximum atomic E-state index is 12.1. The number of nitrogens with one attached hydrogen (secondary N) is 1. The summed E-state index contributed by atoms with van der Waals surface area (Å²) in [6.45, 7) is 0. The van der Waals surface area contributed by atoms with Crippen molar-refractivity contribution in [1.82, 2.24) is 0 Å². The molecule has 0 heterocycles. The summed E-state index contributed by atoms with van der Waals surface area (Å²) in [5.74, 6) is -0.305. The first-order chi connectivity index (χ1) is 8.97. The second-order valence-electron chi connectivity index (χ2n) is 3.81. The number of nitrogen functional groups attached to an aromatic ring is 1. The lowest BCUT2D eigenvalue weighted by Crippen LogP contribution is -2.13. The topological polar surface area (TPSA) is 55.1 Å². The number of halogens is 3. The lowest BCUT2D eigenvalue weighted by Gasteiger charge is -2.09. The van der Waals surface area contributed by atoms with Crippen LogP contribution in [0.25, 0.3) is 0 Å². The van der Waals surface area contributed by atoms with Gasteiger partial charge in [0.25, 0.3) is 5.91 Å². The highest BCUT2D eigenvalue weighted by Gasteiger charge is 2.12. The molecule has 0 aliphatic carbocycles. The molecule has 0 saturated heterocycles. The van der Waals surface area contributed by atoms with Crippen LogP contribution < -0.4 is 11.1 Å². The fourth-order valence-electron chi connectivity index (χ4n) is 1.51. The number of hydrogen-bond acceptors (Lipinski definition) is 2. The first kappa shape index (κ1) is 14.4. The number of amides is 1. The van der Waals surface area contributed by atoms with E-state index in [1.807, 2.05) is 0 Å². The standard InChI is InChI=1S/C13H9Br2ClN2O/c14-7-1-3-10(16)9(5-7)13(19)18-12-4-2-8(15)6-11(12)17/h1-6H,17H2,(H,18,19). The van der Waals surface area contributed by atoms with Crippen LogP contribution in [0.15, 0.2) is 45.3 Å². The zero-order chi connectivity index (χ0) is 14.0. The Morgan fingerprint density at radius 3 is 2.42 bits per heavy atom. The van der Waals surface area contributed by atoms with Gasteiger partial charge in [-0.05, 0) is 36.4 Å². The minimum atomic E-state index is -0.305. The summed E-state index contributed by atoms with van der Waals surface area (Å²) in [6, 6.07) is 10.3. The molecular weight excluding hydrogens is 395 g/mol. The molecule has 3 N–H and O–H groups in total. The van der Waals surface area contributed by atoms with Gasteiger partial charge < -0.3 is 11.1 Å². The summed E-state index contributed by atoms with van der Waals surface area (Å²) in [5.41, 5.74) is 7.24. The molecule has 2 aromatic rings. The maximum Gasteiger partial charge on any atom is 0.257 e. The molecule has 19 heavy (non-hydrogen) atoms. The van der Waals surface area contributed by atoms with Crippen LogP contribution in [0.4, 0.5) is 11.4 Å². The van der Waals surface area contributed by atoms with E-state index >= 15 is 0 Å². The second-order valence-corrected chi connectivity index (χ2v) is 6.05. The largest absolute Gasteiger partial charge is 0.397 e. The highest BCUT2D eigenvalue weighted by atomic mass is 79.9. The Kier molecular flexibility index (Phi) is 4.50. The number of nitrogens with two attached hydrogens (primary N) is 1. The molecular formula is C13H9Br2ClN2O. The monoisotopic (exact) mass is 402 g/mol. The Balaban J connectivity index is 2.28. The summed E-state index contributed by atoms with van der Waals surface area (Å²) in [6.07, 6.45) is 0. The number of anilines is 2. The van der Waals surface area contributed by atoms with Crippen molar-refractivity contribution in [3.05, 3.63) is 55.9 Å². The minimum Gasteiger partial charge on any atom is -0.397 e. The van der Waals surface area contributed by atoms with E-state index in [0.29, 0.717) is 22.0 Å². The Morgan fingerprint density at radius 1 is 1.11 bits per heavy atom. The summed E-state index contributed by atoms with van der Waals surface area (Å²) in [5, 5.41) is 3.12. The molecule has 0 unspecified atom stereocenters. The summed E-state index contributed by atoms with van der Waals surface area (Å²) >= 11 is 12.6. The van der Waals surface area contributed by atoms with Crippen molar-refractivity contribution < 1.29 is 4.79 Å². The predicted octanol–water partition coefficient (Wildman–Crippen LogP) is 4.70. The van der Waals surface area contributed by atoms with Crippen LogP contribution in [0, 0.1) is 0 Å². The molecule has 0 saturated carbocycles. The molecule has 2 aromatic carbocycles. The van der Waals surface area contributed by atoms with Crippen LogP contribution in [0.1, 0.15) is 10.4 Å². The van der Waals surface area contributed by atoms with Gasteiger partial charge in [-0.2, -0.15) is 0 Å². The van der Waals surface area contributed by atoms with Gasteiger partial charge in [-0.3, -0.25) is 4.79 Å². The smallest absolute Gasteiger partial charge is 0.257 e. The molecule has 3 nitrogen and oxygen atoms in total. The van der Waals surface area contributed by atoms with E-state index in [0.717, 1.165) is 8.95 Å². The van der Waals surface area contributed by atoms with Gasteiger partial charge in [0.1, 0.15) is 0 Å². The van der Waals surface area contributed by atoms with E-state index < -0.39 is 0 Å². The van der Waals surface area contributed by atoms with E-state index in [-0.39, 0.29) is 5.91 Å². The first-order valence-corrected chi connectivity index (χ1v) is 7.25. The maximum absolute atomic E-state index is 12.1. The van der Waals surface area contributed by atoms with Crippen LogP contribution >= 0.6 is 43.5 Å². The van der Waals surface area contributed by atoms with Crippen molar-refractivity contribution in [2.45, 2.75) is 0 Å². The summed E-state index contributed by atoms with van der Waals surface area (Å²) in [7, 11) is 0. The Bertz CT molecular complexity index is 647. The van der Waals surface area contributed by atoms with E-state index in [1.165, 1.54) is 0 Å². The predicted molar refractivity (Wildman–Crippen MR) is 85.7 cm³/mol. The molecule has 6 heteroatoms. The summed E-state index contributed by atoms with van der Waals surface area (Å²) in [4.78, 5) is 12.1. The fraction of sp³-hybridized carbons (Fsp3) is 0. The highest BCUT2D eigenvalue weighted by molar-refractivity contribution is 9.10. The second kappa shape index (κ2) is 5.94. The molecule has 0 aliphatic heterocycles. The third kappa shape index (κ3) is 3.49. The quantitative estimate of drug-likeness (QED) is 0.713. The van der Waals surface area contributed by atoms with Gasteiger partial charge in [-0.1, -0.05) is 43.5 Å². The number of carbonyl (C=O) groups is 1. The van der Waals surface area contributed by atoms with E-state index in [4.69, 9.17) is 17.3 Å². The molecule has 0 atom stereocenters. The zero-order valence-corrected chi connectivity index (χ0v) is 13.5. The van der Waals surface area contributed by atoms with Gasteiger partial charge >= 0.3 is 0 Å². The first-order valence-electron chi connectivity index (χ1n) is 5.29. The molecule has 0 spiro atoms. The highest BCUT2D eigenvalue weighted by Crippen LogP contribution is 2.26.